The highest BCUT2D eigenvalue weighted by Crippen LogP contribution is 2.24. The minimum Gasteiger partial charge on any atom is -0.480 e. The van der Waals surface area contributed by atoms with Crippen LogP contribution in [0.5, 0.6) is 0 Å². The molecule has 0 aliphatic rings. The monoisotopic (exact) mass is 304 g/mol. The molecule has 3 N–H and O–H groups in total. The summed E-state index contributed by atoms with van der Waals surface area (Å²) in [5, 5.41) is 9.38. The second-order valence-corrected chi connectivity index (χ2v) is 5.26. The fourth-order valence-electron chi connectivity index (χ4n) is 1.99. The third-order valence-corrected chi connectivity index (χ3v) is 3.24. The van der Waals surface area contributed by atoms with Crippen LogP contribution in [0.25, 0.3) is 0 Å². The molecule has 0 fully saturated rings. The van der Waals surface area contributed by atoms with Gasteiger partial charge in [0.05, 0.1) is 6.54 Å². The lowest BCUT2D eigenvalue weighted by atomic mass is 9.90. The average molecular weight is 304 g/mol. The highest BCUT2D eigenvalue weighted by molar-refractivity contribution is 5.80. The molecule has 0 radical (unpaired) electrons. The van der Waals surface area contributed by atoms with E-state index in [2.05, 4.69) is 0 Å². The van der Waals surface area contributed by atoms with Gasteiger partial charge in [-0.05, 0) is 19.4 Å². The van der Waals surface area contributed by atoms with E-state index in [1.165, 1.54) is 12.1 Å². The Kier molecular flexibility index (Phi) is 5.36. The minimum absolute atomic E-state index is 0.269. The number of halogens is 3. The number of hydrogen-bond donors (Lipinski definition) is 2. The normalized spacial score (nSPS) is 15.2. The Balaban J connectivity index is 3.09. The van der Waals surface area contributed by atoms with Crippen molar-refractivity contribution in [3.63, 3.8) is 0 Å². The summed E-state index contributed by atoms with van der Waals surface area (Å²) in [5.74, 6) is -1.36. The van der Waals surface area contributed by atoms with Crippen molar-refractivity contribution in [2.75, 3.05) is 13.1 Å². The maximum atomic E-state index is 12.6. The van der Waals surface area contributed by atoms with E-state index in [0.717, 1.165) is 4.90 Å². The maximum Gasteiger partial charge on any atom is 0.401 e. The molecule has 0 bridgehead atoms. The van der Waals surface area contributed by atoms with E-state index >= 15 is 0 Å². The van der Waals surface area contributed by atoms with Crippen LogP contribution in [0.1, 0.15) is 19.4 Å². The maximum absolute atomic E-state index is 12.6. The Morgan fingerprint density at radius 3 is 2.14 bits per heavy atom. The highest BCUT2D eigenvalue weighted by atomic mass is 19.4. The summed E-state index contributed by atoms with van der Waals surface area (Å²) in [4.78, 5) is 12.5. The van der Waals surface area contributed by atoms with E-state index in [4.69, 9.17) is 5.73 Å². The van der Waals surface area contributed by atoms with Crippen LogP contribution in [0.15, 0.2) is 30.3 Å². The van der Waals surface area contributed by atoms with Crippen LogP contribution in [0, 0.1) is 0 Å². The lowest BCUT2D eigenvalue weighted by Crippen LogP contribution is -2.56. The van der Waals surface area contributed by atoms with Gasteiger partial charge in [-0.2, -0.15) is 13.2 Å². The molecule has 0 heterocycles. The van der Waals surface area contributed by atoms with Crippen molar-refractivity contribution in [3.05, 3.63) is 35.9 Å². The van der Waals surface area contributed by atoms with E-state index < -0.39 is 36.8 Å². The van der Waals surface area contributed by atoms with Crippen LogP contribution in [0.4, 0.5) is 13.2 Å². The SMILES string of the molecule is CC(C)N(CC(F)(F)F)CC(N)(C(=O)O)c1ccccc1. The van der Waals surface area contributed by atoms with Crippen LogP contribution in [0.2, 0.25) is 0 Å². The first-order valence-corrected chi connectivity index (χ1v) is 6.45. The molecule has 0 saturated carbocycles. The summed E-state index contributed by atoms with van der Waals surface area (Å²) in [5.41, 5.74) is 4.29. The van der Waals surface area contributed by atoms with Crippen molar-refractivity contribution in [1.29, 1.82) is 0 Å². The second-order valence-electron chi connectivity index (χ2n) is 5.26. The molecule has 0 amide bonds. The zero-order valence-corrected chi connectivity index (χ0v) is 11.9. The molecule has 118 valence electrons. The van der Waals surface area contributed by atoms with Gasteiger partial charge in [0.2, 0.25) is 0 Å². The largest absolute Gasteiger partial charge is 0.480 e. The number of carboxylic acid groups (broad SMARTS) is 1. The lowest BCUT2D eigenvalue weighted by Gasteiger charge is -2.35. The van der Waals surface area contributed by atoms with Crippen molar-refractivity contribution in [3.8, 4) is 0 Å². The first-order chi connectivity index (χ1) is 9.56. The Morgan fingerprint density at radius 2 is 1.76 bits per heavy atom. The molecule has 4 nitrogen and oxygen atoms in total. The summed E-state index contributed by atoms with van der Waals surface area (Å²) in [6, 6.07) is 7.40. The zero-order chi connectivity index (χ0) is 16.3. The first kappa shape index (κ1) is 17.5. The van der Waals surface area contributed by atoms with E-state index in [1.807, 2.05) is 0 Å². The molecular weight excluding hydrogens is 285 g/mol. The summed E-state index contributed by atoms with van der Waals surface area (Å²) >= 11 is 0. The number of alkyl halides is 3. The zero-order valence-electron chi connectivity index (χ0n) is 11.9. The molecule has 0 aliphatic heterocycles. The summed E-state index contributed by atoms with van der Waals surface area (Å²) in [6.45, 7) is 1.51. The van der Waals surface area contributed by atoms with Crippen molar-refractivity contribution in [2.24, 2.45) is 5.73 Å². The molecule has 0 spiro atoms. The number of nitrogens with two attached hydrogens (primary N) is 1. The fraction of sp³-hybridized carbons (Fsp3) is 0.500. The van der Waals surface area contributed by atoms with Gasteiger partial charge in [0.25, 0.3) is 0 Å². The molecule has 1 atom stereocenters. The van der Waals surface area contributed by atoms with Crippen LogP contribution in [0.3, 0.4) is 0 Å². The molecule has 0 aromatic heterocycles. The molecule has 7 heteroatoms. The van der Waals surface area contributed by atoms with Crippen molar-refractivity contribution in [1.82, 2.24) is 4.90 Å². The molecule has 0 aliphatic carbocycles. The van der Waals surface area contributed by atoms with Crippen molar-refractivity contribution >= 4 is 5.97 Å². The van der Waals surface area contributed by atoms with Crippen molar-refractivity contribution < 1.29 is 23.1 Å². The minimum atomic E-state index is -4.42. The molecule has 1 rings (SSSR count). The number of hydrogen-bond acceptors (Lipinski definition) is 3. The third kappa shape index (κ3) is 4.71. The van der Waals surface area contributed by atoms with Gasteiger partial charge < -0.3 is 10.8 Å². The molecule has 1 aromatic rings. The van der Waals surface area contributed by atoms with Gasteiger partial charge in [-0.15, -0.1) is 0 Å². The van der Waals surface area contributed by atoms with Gasteiger partial charge in [0.1, 0.15) is 0 Å². The van der Waals surface area contributed by atoms with Crippen molar-refractivity contribution in [2.45, 2.75) is 31.6 Å². The van der Waals surface area contributed by atoms with Gasteiger partial charge in [0, 0.05) is 12.6 Å². The summed E-state index contributed by atoms with van der Waals surface area (Å²) in [6.07, 6.45) is -4.42. The molecular formula is C14H19F3N2O2. The highest BCUT2D eigenvalue weighted by Gasteiger charge is 2.41. The predicted octanol–water partition coefficient (Wildman–Crippen LogP) is 2.20. The van der Waals surface area contributed by atoms with E-state index in [1.54, 1.807) is 32.0 Å². The Morgan fingerprint density at radius 1 is 1.24 bits per heavy atom. The molecule has 1 unspecified atom stereocenters. The molecule has 21 heavy (non-hydrogen) atoms. The topological polar surface area (TPSA) is 66.6 Å². The third-order valence-electron chi connectivity index (χ3n) is 3.24. The number of rotatable bonds is 6. The first-order valence-electron chi connectivity index (χ1n) is 6.45. The fourth-order valence-corrected chi connectivity index (χ4v) is 1.99. The number of benzene rings is 1. The van der Waals surface area contributed by atoms with Crippen LogP contribution >= 0.6 is 0 Å². The van der Waals surface area contributed by atoms with Crippen LogP contribution in [-0.4, -0.2) is 41.3 Å². The summed E-state index contributed by atoms with van der Waals surface area (Å²) in [7, 11) is 0. The van der Waals surface area contributed by atoms with Gasteiger partial charge >= 0.3 is 12.1 Å². The van der Waals surface area contributed by atoms with Gasteiger partial charge in [-0.1, -0.05) is 30.3 Å². The standard InChI is InChI=1S/C14H19F3N2O2/c1-10(2)19(9-14(15,16)17)8-13(18,12(20)21)11-6-4-3-5-7-11/h3-7,10H,8-9,18H2,1-2H3,(H,20,21). The van der Waals surface area contributed by atoms with E-state index in [-0.39, 0.29) is 5.56 Å². The van der Waals surface area contributed by atoms with Crippen LogP contribution < -0.4 is 5.73 Å². The lowest BCUT2D eigenvalue weighted by molar-refractivity contribution is -0.158. The Labute approximate surface area is 121 Å². The summed E-state index contributed by atoms with van der Waals surface area (Å²) < 4.78 is 37.8. The number of carboxylic acids is 1. The molecule has 0 saturated heterocycles. The Bertz CT molecular complexity index is 477. The van der Waals surface area contributed by atoms with E-state index in [9.17, 15) is 23.1 Å². The second kappa shape index (κ2) is 6.44. The molecule has 1 aromatic carbocycles. The van der Waals surface area contributed by atoms with Gasteiger partial charge in [0.15, 0.2) is 5.54 Å². The quantitative estimate of drug-likeness (QED) is 0.845. The Hall–Kier alpha value is -1.60. The average Bonchev–Trinajstić information content (AvgIpc) is 2.37. The van der Waals surface area contributed by atoms with E-state index in [0.29, 0.717) is 0 Å². The number of nitrogens with zero attached hydrogens (tertiary/aromatic N) is 1. The smallest absolute Gasteiger partial charge is 0.401 e. The van der Waals surface area contributed by atoms with Crippen LogP contribution in [-0.2, 0) is 10.3 Å². The number of aliphatic carboxylic acids is 1. The van der Waals surface area contributed by atoms with Gasteiger partial charge in [-0.25, -0.2) is 4.79 Å². The van der Waals surface area contributed by atoms with Gasteiger partial charge in [-0.3, -0.25) is 4.90 Å². The predicted molar refractivity (Wildman–Crippen MR) is 72.7 cm³/mol. The number of carbonyl (C=O) groups is 1.